The van der Waals surface area contributed by atoms with Gasteiger partial charge in [0.15, 0.2) is 0 Å². The molecular formula is C18H30N2O3. The molecule has 23 heavy (non-hydrogen) atoms. The second-order valence-corrected chi connectivity index (χ2v) is 6.95. The number of benzene rings is 1. The number of nitrogens with one attached hydrogen (secondary N) is 2. The first kappa shape index (κ1) is 19.1. The van der Waals surface area contributed by atoms with Crippen molar-refractivity contribution in [1.29, 1.82) is 0 Å². The van der Waals surface area contributed by atoms with Crippen molar-refractivity contribution in [2.45, 2.75) is 59.6 Å². The van der Waals surface area contributed by atoms with Crippen molar-refractivity contribution < 1.29 is 14.3 Å². The third-order valence-electron chi connectivity index (χ3n) is 3.43. The minimum absolute atomic E-state index is 0.393. The molecule has 1 aromatic carbocycles. The van der Waals surface area contributed by atoms with Gasteiger partial charge in [0, 0.05) is 17.8 Å². The lowest BCUT2D eigenvalue weighted by molar-refractivity contribution is 0.0635. The zero-order valence-electron chi connectivity index (χ0n) is 15.3. The molecule has 0 fully saturated rings. The first-order chi connectivity index (χ1) is 10.7. The van der Waals surface area contributed by atoms with Crippen molar-refractivity contribution in [3.05, 3.63) is 18.2 Å². The third-order valence-corrected chi connectivity index (χ3v) is 3.43. The van der Waals surface area contributed by atoms with Gasteiger partial charge in [0.1, 0.15) is 11.4 Å². The highest BCUT2D eigenvalue weighted by molar-refractivity contribution is 5.87. The largest absolute Gasteiger partial charge is 0.494 e. The summed E-state index contributed by atoms with van der Waals surface area (Å²) in [4.78, 5) is 11.9. The smallest absolute Gasteiger partial charge is 0.412 e. The lowest BCUT2D eigenvalue weighted by Crippen LogP contribution is -2.27. The van der Waals surface area contributed by atoms with Crippen LogP contribution >= 0.6 is 0 Å². The van der Waals surface area contributed by atoms with Crippen LogP contribution in [0.5, 0.6) is 5.75 Å². The van der Waals surface area contributed by atoms with Gasteiger partial charge in [0.25, 0.3) is 0 Å². The molecule has 0 saturated heterocycles. The molecule has 5 nitrogen and oxygen atoms in total. The Hall–Kier alpha value is -1.91. The van der Waals surface area contributed by atoms with Gasteiger partial charge in [0.05, 0.1) is 12.8 Å². The monoisotopic (exact) mass is 322 g/mol. The van der Waals surface area contributed by atoms with Gasteiger partial charge < -0.3 is 14.8 Å². The molecule has 130 valence electrons. The number of carbonyl (C=O) groups excluding carboxylic acids is 1. The molecule has 0 spiro atoms. The summed E-state index contributed by atoms with van der Waals surface area (Å²) in [6, 6.07) is 6.03. The van der Waals surface area contributed by atoms with Crippen LogP contribution in [-0.4, -0.2) is 24.8 Å². The zero-order valence-corrected chi connectivity index (χ0v) is 15.3. The molecule has 0 saturated carbocycles. The summed E-state index contributed by atoms with van der Waals surface area (Å²) in [5.74, 6) is 1.13. The number of amides is 1. The molecule has 1 atom stereocenters. The topological polar surface area (TPSA) is 59.6 Å². The molecule has 0 bridgehead atoms. The summed E-state index contributed by atoms with van der Waals surface area (Å²) >= 11 is 0. The standard InChI is InChI=1S/C18H30N2O3/c1-8-14(12(2)3)19-13-9-10-15(16(11-13)22-7)20-17(21)23-18(4,5)6/h9-12,14,19H,8H2,1-7H3,(H,20,21). The first-order valence-corrected chi connectivity index (χ1v) is 8.10. The van der Waals surface area contributed by atoms with Crippen molar-refractivity contribution >= 4 is 17.5 Å². The van der Waals surface area contributed by atoms with E-state index in [1.165, 1.54) is 0 Å². The Bertz CT molecular complexity index is 521. The van der Waals surface area contributed by atoms with Gasteiger partial charge in [0.2, 0.25) is 0 Å². The number of rotatable bonds is 6. The van der Waals surface area contributed by atoms with Crippen molar-refractivity contribution in [2.24, 2.45) is 5.92 Å². The Morgan fingerprint density at radius 2 is 1.91 bits per heavy atom. The summed E-state index contributed by atoms with van der Waals surface area (Å²) in [5, 5.41) is 6.22. The van der Waals surface area contributed by atoms with Crippen molar-refractivity contribution in [2.75, 3.05) is 17.7 Å². The Kier molecular flexibility index (Phi) is 6.73. The lowest BCUT2D eigenvalue weighted by atomic mass is 10.0. The van der Waals surface area contributed by atoms with Crippen LogP contribution in [0.15, 0.2) is 18.2 Å². The van der Waals surface area contributed by atoms with Gasteiger partial charge in [-0.3, -0.25) is 5.32 Å². The third kappa shape index (κ3) is 6.38. The highest BCUT2D eigenvalue weighted by Crippen LogP contribution is 2.29. The summed E-state index contributed by atoms with van der Waals surface area (Å²) in [7, 11) is 1.58. The molecule has 0 radical (unpaired) electrons. The fraction of sp³-hybridized carbons (Fsp3) is 0.611. The molecular weight excluding hydrogens is 292 g/mol. The second kappa shape index (κ2) is 8.09. The predicted molar refractivity (Wildman–Crippen MR) is 95.4 cm³/mol. The SMILES string of the molecule is CCC(Nc1ccc(NC(=O)OC(C)(C)C)c(OC)c1)C(C)C. The van der Waals surface area contributed by atoms with Crippen LogP contribution in [0, 0.1) is 5.92 Å². The molecule has 0 aromatic heterocycles. The van der Waals surface area contributed by atoms with E-state index in [0.717, 1.165) is 12.1 Å². The lowest BCUT2D eigenvalue weighted by Gasteiger charge is -2.23. The molecule has 1 unspecified atom stereocenters. The Balaban J connectivity index is 2.86. The van der Waals surface area contributed by atoms with E-state index in [0.29, 0.717) is 23.4 Å². The molecule has 0 aliphatic carbocycles. The number of hydrogen-bond donors (Lipinski definition) is 2. The van der Waals surface area contributed by atoms with E-state index in [9.17, 15) is 4.79 Å². The van der Waals surface area contributed by atoms with Gasteiger partial charge in [-0.25, -0.2) is 4.79 Å². The summed E-state index contributed by atoms with van der Waals surface area (Å²) < 4.78 is 10.6. The van der Waals surface area contributed by atoms with Crippen LogP contribution in [0.3, 0.4) is 0 Å². The van der Waals surface area contributed by atoms with E-state index < -0.39 is 11.7 Å². The molecule has 1 amide bonds. The number of methoxy groups -OCH3 is 1. The van der Waals surface area contributed by atoms with Gasteiger partial charge in [-0.15, -0.1) is 0 Å². The first-order valence-electron chi connectivity index (χ1n) is 8.10. The summed E-state index contributed by atoms with van der Waals surface area (Å²) in [6.45, 7) is 12.0. The fourth-order valence-electron chi connectivity index (χ4n) is 2.25. The minimum atomic E-state index is -0.537. The van der Waals surface area contributed by atoms with Crippen LogP contribution in [0.1, 0.15) is 48.0 Å². The van der Waals surface area contributed by atoms with Crippen LogP contribution in [0.25, 0.3) is 0 Å². The Morgan fingerprint density at radius 3 is 2.39 bits per heavy atom. The van der Waals surface area contributed by atoms with Gasteiger partial charge >= 0.3 is 6.09 Å². The summed E-state index contributed by atoms with van der Waals surface area (Å²) in [6.07, 6.45) is 0.544. The van der Waals surface area contributed by atoms with E-state index in [4.69, 9.17) is 9.47 Å². The van der Waals surface area contributed by atoms with Crippen LogP contribution in [0.2, 0.25) is 0 Å². The number of carbonyl (C=O) groups is 1. The minimum Gasteiger partial charge on any atom is -0.494 e. The Labute approximate surface area is 139 Å². The maximum atomic E-state index is 11.9. The zero-order chi connectivity index (χ0) is 17.6. The van der Waals surface area contributed by atoms with Gasteiger partial charge in [-0.2, -0.15) is 0 Å². The average Bonchev–Trinajstić information content (AvgIpc) is 2.43. The van der Waals surface area contributed by atoms with Crippen LogP contribution in [0.4, 0.5) is 16.2 Å². The van der Waals surface area contributed by atoms with E-state index in [-0.39, 0.29) is 0 Å². The van der Waals surface area contributed by atoms with Gasteiger partial charge in [-0.1, -0.05) is 20.8 Å². The molecule has 1 aromatic rings. The predicted octanol–water partition coefficient (Wildman–Crippen LogP) is 4.89. The fourth-order valence-corrected chi connectivity index (χ4v) is 2.25. The van der Waals surface area contributed by atoms with E-state index in [1.54, 1.807) is 7.11 Å². The van der Waals surface area contributed by atoms with E-state index in [2.05, 4.69) is 31.4 Å². The molecule has 2 N–H and O–H groups in total. The van der Waals surface area contributed by atoms with E-state index in [1.807, 2.05) is 39.0 Å². The normalized spacial score (nSPS) is 12.7. The number of hydrogen-bond acceptors (Lipinski definition) is 4. The van der Waals surface area contributed by atoms with E-state index >= 15 is 0 Å². The Morgan fingerprint density at radius 1 is 1.26 bits per heavy atom. The van der Waals surface area contributed by atoms with Crippen LogP contribution < -0.4 is 15.4 Å². The average molecular weight is 322 g/mol. The maximum absolute atomic E-state index is 11.9. The second-order valence-electron chi connectivity index (χ2n) is 6.95. The maximum Gasteiger partial charge on any atom is 0.412 e. The highest BCUT2D eigenvalue weighted by atomic mass is 16.6. The van der Waals surface area contributed by atoms with Crippen molar-refractivity contribution in [3.8, 4) is 5.75 Å². The van der Waals surface area contributed by atoms with Gasteiger partial charge in [-0.05, 0) is 45.2 Å². The number of ether oxygens (including phenoxy) is 2. The van der Waals surface area contributed by atoms with Crippen LogP contribution in [-0.2, 0) is 4.74 Å². The molecule has 5 heteroatoms. The molecule has 0 aliphatic heterocycles. The summed E-state index contributed by atoms with van der Waals surface area (Å²) in [5.41, 5.74) is 1.02. The quantitative estimate of drug-likeness (QED) is 0.783. The van der Waals surface area contributed by atoms with Crippen molar-refractivity contribution in [3.63, 3.8) is 0 Å². The highest BCUT2D eigenvalue weighted by Gasteiger charge is 2.18. The number of anilines is 2. The van der Waals surface area contributed by atoms with Crippen molar-refractivity contribution in [1.82, 2.24) is 0 Å². The molecule has 0 heterocycles. The molecule has 1 rings (SSSR count). The molecule has 0 aliphatic rings.